The van der Waals surface area contributed by atoms with E-state index in [0.717, 1.165) is 18.7 Å². The minimum Gasteiger partial charge on any atom is -0.385 e. The van der Waals surface area contributed by atoms with E-state index < -0.39 is 5.82 Å². The summed E-state index contributed by atoms with van der Waals surface area (Å²) in [5.74, 6) is -0.401. The second-order valence-corrected chi connectivity index (χ2v) is 3.80. The molecule has 1 unspecified atom stereocenters. The van der Waals surface area contributed by atoms with Gasteiger partial charge in [-0.25, -0.2) is 4.39 Å². The summed E-state index contributed by atoms with van der Waals surface area (Å²) in [6, 6.07) is 4.68. The zero-order chi connectivity index (χ0) is 11.3. The number of anilines is 1. The molecule has 84 valence electrons. The number of nitrogens with one attached hydrogen (secondary N) is 1. The second-order valence-electron chi connectivity index (χ2n) is 3.39. The molecule has 0 aliphatic rings. The lowest BCUT2D eigenvalue weighted by Crippen LogP contribution is -2.12. The normalized spacial score (nSPS) is 12.5. The van der Waals surface area contributed by atoms with Crippen LogP contribution in [0.25, 0.3) is 0 Å². The molecule has 4 heteroatoms. The smallest absolute Gasteiger partial charge is 0.143 e. The van der Waals surface area contributed by atoms with Crippen molar-refractivity contribution in [2.45, 2.75) is 19.4 Å². The highest BCUT2D eigenvalue weighted by molar-refractivity contribution is 6.30. The van der Waals surface area contributed by atoms with Crippen molar-refractivity contribution < 1.29 is 9.13 Å². The van der Waals surface area contributed by atoms with Gasteiger partial charge in [0.1, 0.15) is 5.82 Å². The number of halogens is 2. The van der Waals surface area contributed by atoms with Crippen LogP contribution in [0.2, 0.25) is 5.02 Å². The highest BCUT2D eigenvalue weighted by Gasteiger charge is 2.02. The second kappa shape index (κ2) is 5.93. The molecule has 0 fully saturated rings. The molecule has 0 saturated carbocycles. The van der Waals surface area contributed by atoms with Crippen LogP contribution in [-0.4, -0.2) is 19.8 Å². The zero-order valence-corrected chi connectivity index (χ0v) is 9.64. The molecule has 1 aromatic carbocycles. The Labute approximate surface area is 94.4 Å². The average Bonchev–Trinajstić information content (AvgIpc) is 2.23. The summed E-state index contributed by atoms with van der Waals surface area (Å²) < 4.78 is 18.1. The van der Waals surface area contributed by atoms with E-state index in [1.54, 1.807) is 19.2 Å². The van der Waals surface area contributed by atoms with Gasteiger partial charge in [-0.15, -0.1) is 0 Å². The predicted octanol–water partition coefficient (Wildman–Crippen LogP) is 3.32. The van der Waals surface area contributed by atoms with Crippen LogP contribution in [0.3, 0.4) is 0 Å². The molecule has 1 N–H and O–H groups in total. The van der Waals surface area contributed by atoms with Crippen molar-refractivity contribution in [3.8, 4) is 0 Å². The van der Waals surface area contributed by atoms with Gasteiger partial charge in [-0.2, -0.15) is 0 Å². The van der Waals surface area contributed by atoms with Crippen molar-refractivity contribution in [3.63, 3.8) is 0 Å². The van der Waals surface area contributed by atoms with E-state index in [0.29, 0.717) is 0 Å². The molecule has 0 saturated heterocycles. The van der Waals surface area contributed by atoms with Crippen LogP contribution >= 0.6 is 11.6 Å². The van der Waals surface area contributed by atoms with E-state index in [1.807, 2.05) is 6.92 Å². The fraction of sp³-hybridized carbons (Fsp3) is 0.455. The van der Waals surface area contributed by atoms with Crippen LogP contribution in [0.15, 0.2) is 18.2 Å². The first-order valence-electron chi connectivity index (χ1n) is 4.85. The molecule has 0 aromatic heterocycles. The minimum atomic E-state index is -0.401. The summed E-state index contributed by atoms with van der Waals surface area (Å²) in [5, 5.41) is 3.24. The fourth-order valence-corrected chi connectivity index (χ4v) is 1.26. The van der Waals surface area contributed by atoms with Crippen LogP contribution < -0.4 is 5.32 Å². The molecule has 0 aliphatic heterocycles. The number of methoxy groups -OCH3 is 1. The van der Waals surface area contributed by atoms with Gasteiger partial charge < -0.3 is 10.1 Å². The molecular weight excluding hydrogens is 217 g/mol. The van der Waals surface area contributed by atoms with Crippen LogP contribution in [0.5, 0.6) is 0 Å². The summed E-state index contributed by atoms with van der Waals surface area (Å²) in [6.45, 7) is 2.74. The third-order valence-corrected chi connectivity index (χ3v) is 2.51. The lowest BCUT2D eigenvalue weighted by Gasteiger charge is -2.11. The van der Waals surface area contributed by atoms with Crippen LogP contribution in [0, 0.1) is 5.82 Å². The first-order valence-corrected chi connectivity index (χ1v) is 5.23. The Morgan fingerprint density at radius 2 is 2.27 bits per heavy atom. The molecule has 0 amide bonds. The third-order valence-electron chi connectivity index (χ3n) is 2.20. The highest BCUT2D eigenvalue weighted by Crippen LogP contribution is 2.18. The van der Waals surface area contributed by atoms with E-state index in [2.05, 4.69) is 5.32 Å². The maximum atomic E-state index is 13.0. The maximum Gasteiger partial charge on any atom is 0.143 e. The molecule has 15 heavy (non-hydrogen) atoms. The lowest BCUT2D eigenvalue weighted by molar-refractivity contribution is 0.114. The molecule has 1 rings (SSSR count). The Bertz CT molecular complexity index is 319. The van der Waals surface area contributed by atoms with Gasteiger partial charge in [-0.05, 0) is 31.5 Å². The highest BCUT2D eigenvalue weighted by atomic mass is 35.5. The lowest BCUT2D eigenvalue weighted by atomic mass is 10.2. The summed E-state index contributed by atoms with van der Waals surface area (Å²) in [4.78, 5) is 0. The molecule has 0 radical (unpaired) electrons. The zero-order valence-electron chi connectivity index (χ0n) is 8.89. The van der Waals surface area contributed by atoms with Crippen LogP contribution in [0.4, 0.5) is 10.1 Å². The van der Waals surface area contributed by atoms with E-state index in [-0.39, 0.29) is 11.1 Å². The van der Waals surface area contributed by atoms with Gasteiger partial charge in [0, 0.05) is 19.3 Å². The van der Waals surface area contributed by atoms with Crippen LogP contribution in [-0.2, 0) is 4.74 Å². The van der Waals surface area contributed by atoms with Crippen molar-refractivity contribution in [1.29, 1.82) is 0 Å². The van der Waals surface area contributed by atoms with Gasteiger partial charge in [0.15, 0.2) is 0 Å². The number of ether oxygens (including phenoxy) is 1. The molecule has 2 nitrogen and oxygen atoms in total. The number of benzene rings is 1. The van der Waals surface area contributed by atoms with Crippen molar-refractivity contribution in [2.75, 3.05) is 19.0 Å². The standard InChI is InChI=1S/C11H15ClFNO/c1-8(15-2)5-6-14-9-3-4-10(12)11(13)7-9/h3-4,7-8,14H,5-6H2,1-2H3. The Balaban J connectivity index is 2.41. The monoisotopic (exact) mass is 231 g/mol. The van der Waals surface area contributed by atoms with E-state index in [4.69, 9.17) is 16.3 Å². The molecule has 0 bridgehead atoms. The van der Waals surface area contributed by atoms with Gasteiger partial charge in [-0.1, -0.05) is 11.6 Å². The average molecular weight is 232 g/mol. The van der Waals surface area contributed by atoms with E-state index in [9.17, 15) is 4.39 Å². The summed E-state index contributed by atoms with van der Waals surface area (Å²) in [5.41, 5.74) is 0.736. The summed E-state index contributed by atoms with van der Waals surface area (Å²) >= 11 is 5.56. The Morgan fingerprint density at radius 1 is 1.53 bits per heavy atom. The molecule has 0 heterocycles. The van der Waals surface area contributed by atoms with Gasteiger partial charge in [-0.3, -0.25) is 0 Å². The van der Waals surface area contributed by atoms with E-state index in [1.165, 1.54) is 6.07 Å². The van der Waals surface area contributed by atoms with Crippen LogP contribution in [0.1, 0.15) is 13.3 Å². The van der Waals surface area contributed by atoms with Gasteiger partial charge >= 0.3 is 0 Å². The first-order chi connectivity index (χ1) is 7.13. The molecule has 0 spiro atoms. The first kappa shape index (κ1) is 12.3. The van der Waals surface area contributed by atoms with Gasteiger partial charge in [0.25, 0.3) is 0 Å². The van der Waals surface area contributed by atoms with Crippen molar-refractivity contribution in [1.82, 2.24) is 0 Å². The van der Waals surface area contributed by atoms with Crippen molar-refractivity contribution in [2.24, 2.45) is 0 Å². The number of hydrogen-bond acceptors (Lipinski definition) is 2. The van der Waals surface area contributed by atoms with Gasteiger partial charge in [0.2, 0.25) is 0 Å². The van der Waals surface area contributed by atoms with E-state index >= 15 is 0 Å². The number of rotatable bonds is 5. The maximum absolute atomic E-state index is 13.0. The Hall–Kier alpha value is -0.800. The fourth-order valence-electron chi connectivity index (χ4n) is 1.14. The summed E-state index contributed by atoms with van der Waals surface area (Å²) in [7, 11) is 1.67. The Kier molecular flexibility index (Phi) is 4.85. The quantitative estimate of drug-likeness (QED) is 0.840. The molecular formula is C11H15ClFNO. The Morgan fingerprint density at radius 3 is 2.87 bits per heavy atom. The topological polar surface area (TPSA) is 21.3 Å². The SMILES string of the molecule is COC(C)CCNc1ccc(Cl)c(F)c1. The number of hydrogen-bond donors (Lipinski definition) is 1. The van der Waals surface area contributed by atoms with Gasteiger partial charge in [0.05, 0.1) is 11.1 Å². The largest absolute Gasteiger partial charge is 0.385 e. The van der Waals surface area contributed by atoms with Crippen molar-refractivity contribution in [3.05, 3.63) is 29.0 Å². The predicted molar refractivity (Wildman–Crippen MR) is 61.0 cm³/mol. The molecule has 1 atom stereocenters. The minimum absolute atomic E-state index is 0.144. The molecule has 0 aliphatic carbocycles. The van der Waals surface area contributed by atoms with Crippen molar-refractivity contribution >= 4 is 17.3 Å². The third kappa shape index (κ3) is 4.06. The summed E-state index contributed by atoms with van der Waals surface area (Å²) in [6.07, 6.45) is 1.08. The molecule has 1 aromatic rings.